The van der Waals surface area contributed by atoms with Crippen LogP contribution in [-0.4, -0.2) is 29.3 Å². The van der Waals surface area contributed by atoms with Gasteiger partial charge in [-0.05, 0) is 19.1 Å². The first-order valence-corrected chi connectivity index (χ1v) is 5.51. The molecule has 0 aliphatic heterocycles. The van der Waals surface area contributed by atoms with E-state index in [4.69, 9.17) is 16.6 Å². The minimum atomic E-state index is 0.282. The molecule has 0 spiro atoms. The molecule has 0 aromatic carbocycles. The van der Waals surface area contributed by atoms with E-state index in [0.29, 0.717) is 5.89 Å². The first kappa shape index (κ1) is 10.3. The van der Waals surface area contributed by atoms with Crippen molar-refractivity contribution in [2.75, 3.05) is 19.0 Å². The number of nitrogens with zero attached hydrogens (tertiary/aromatic N) is 3. The lowest BCUT2D eigenvalue weighted by Crippen LogP contribution is -2.07. The zero-order valence-electron chi connectivity index (χ0n) is 8.57. The number of anilines is 1. The Morgan fingerprint density at radius 1 is 1.47 bits per heavy atom. The van der Waals surface area contributed by atoms with Crippen LogP contribution in [0.3, 0.4) is 0 Å². The molecule has 2 rings (SSSR count). The molecule has 2 aromatic rings. The molecule has 0 unspecified atom stereocenters. The lowest BCUT2D eigenvalue weighted by Gasteiger charge is -2.04. The van der Waals surface area contributed by atoms with E-state index in [0.717, 1.165) is 15.7 Å². The number of hydrogen-bond acceptors (Lipinski definition) is 6. The van der Waals surface area contributed by atoms with Crippen LogP contribution in [0.2, 0.25) is 0 Å². The van der Waals surface area contributed by atoms with Crippen LogP contribution in [0.15, 0.2) is 4.42 Å². The molecule has 0 saturated heterocycles. The lowest BCUT2D eigenvalue weighted by molar-refractivity contribution is 0.553. The smallest absolute Gasteiger partial charge is 0.284 e. The quantitative estimate of drug-likeness (QED) is 0.818. The van der Waals surface area contributed by atoms with E-state index in [1.165, 1.54) is 11.3 Å². The zero-order valence-corrected chi connectivity index (χ0v) is 10.2. The van der Waals surface area contributed by atoms with E-state index in [9.17, 15) is 0 Å². The van der Waals surface area contributed by atoms with Crippen molar-refractivity contribution < 1.29 is 4.42 Å². The Bertz CT molecular complexity index is 525. The van der Waals surface area contributed by atoms with Gasteiger partial charge in [-0.2, -0.15) is 0 Å². The molecule has 0 aliphatic rings. The summed E-state index contributed by atoms with van der Waals surface area (Å²) >= 11 is 6.35. The first-order valence-electron chi connectivity index (χ1n) is 4.28. The summed E-state index contributed by atoms with van der Waals surface area (Å²) in [6, 6.07) is 0. The summed E-state index contributed by atoms with van der Waals surface area (Å²) < 4.78 is 5.24. The average molecular weight is 242 g/mol. The van der Waals surface area contributed by atoms with Gasteiger partial charge in [0.15, 0.2) is 5.13 Å². The number of rotatable bonds is 2. The van der Waals surface area contributed by atoms with E-state index in [1.807, 2.05) is 25.9 Å². The van der Waals surface area contributed by atoms with Gasteiger partial charge < -0.3 is 9.32 Å². The van der Waals surface area contributed by atoms with Crippen molar-refractivity contribution in [3.63, 3.8) is 0 Å². The largest absolute Gasteiger partial charge is 0.408 e. The van der Waals surface area contributed by atoms with Crippen LogP contribution in [0.4, 0.5) is 5.13 Å². The Morgan fingerprint density at radius 2 is 2.20 bits per heavy atom. The summed E-state index contributed by atoms with van der Waals surface area (Å²) in [6.07, 6.45) is 0. The first-order chi connectivity index (χ1) is 7.08. The average Bonchev–Trinajstić information content (AvgIpc) is 2.71. The molecule has 0 atom stereocenters. The van der Waals surface area contributed by atoms with Crippen LogP contribution in [0, 0.1) is 11.8 Å². The molecule has 2 aromatic heterocycles. The van der Waals surface area contributed by atoms with Crippen LogP contribution < -0.4 is 4.90 Å². The van der Waals surface area contributed by atoms with E-state index in [-0.39, 0.29) is 4.84 Å². The zero-order chi connectivity index (χ0) is 11.0. The SMILES string of the molecule is Cc1nc(N(C)C)sc1-c1n[nH]c(=S)o1. The second kappa shape index (κ2) is 3.74. The molecule has 7 heteroatoms. The maximum atomic E-state index is 5.24. The molecule has 0 radical (unpaired) electrons. The third-order valence-corrected chi connectivity index (χ3v) is 3.29. The second-order valence-corrected chi connectivity index (χ2v) is 4.57. The highest BCUT2D eigenvalue weighted by Gasteiger charge is 2.14. The molecule has 0 fully saturated rings. The predicted molar refractivity (Wildman–Crippen MR) is 61.9 cm³/mol. The Balaban J connectivity index is 2.49. The summed E-state index contributed by atoms with van der Waals surface area (Å²) in [6.45, 7) is 1.92. The fourth-order valence-corrected chi connectivity index (χ4v) is 2.14. The normalized spacial score (nSPS) is 10.6. The summed E-state index contributed by atoms with van der Waals surface area (Å²) in [4.78, 5) is 7.53. The molecule has 0 aliphatic carbocycles. The Morgan fingerprint density at radius 3 is 2.67 bits per heavy atom. The van der Waals surface area contributed by atoms with Gasteiger partial charge in [-0.25, -0.2) is 10.1 Å². The summed E-state index contributed by atoms with van der Waals surface area (Å²) in [5, 5.41) is 7.49. The predicted octanol–water partition coefficient (Wildman–Crippen LogP) is 2.23. The van der Waals surface area contributed by atoms with Gasteiger partial charge in [-0.15, -0.1) is 5.10 Å². The summed E-state index contributed by atoms with van der Waals surface area (Å²) in [5.41, 5.74) is 0.897. The minimum absolute atomic E-state index is 0.282. The van der Waals surface area contributed by atoms with Crippen LogP contribution in [0.5, 0.6) is 0 Å². The van der Waals surface area contributed by atoms with Gasteiger partial charge in [0, 0.05) is 14.1 Å². The molecule has 0 amide bonds. The Labute approximate surface area is 95.8 Å². The maximum absolute atomic E-state index is 5.24. The molecule has 1 N–H and O–H groups in total. The number of aromatic amines is 1. The third-order valence-electron chi connectivity index (χ3n) is 1.80. The number of nitrogens with one attached hydrogen (secondary N) is 1. The Hall–Kier alpha value is -1.21. The van der Waals surface area contributed by atoms with E-state index < -0.39 is 0 Å². The standard InChI is InChI=1S/C8H10N4OS2/c1-4-5(6-10-11-8(14)13-6)15-7(9-4)12(2)3/h1-3H3,(H,11,14). The molecular weight excluding hydrogens is 232 g/mol. The molecular formula is C8H10N4OS2. The summed E-state index contributed by atoms with van der Waals surface area (Å²) in [7, 11) is 3.89. The molecule has 15 heavy (non-hydrogen) atoms. The summed E-state index contributed by atoms with van der Waals surface area (Å²) in [5.74, 6) is 0.503. The topological polar surface area (TPSA) is 58.0 Å². The fraction of sp³-hybridized carbons (Fsp3) is 0.375. The van der Waals surface area contributed by atoms with Crippen molar-refractivity contribution in [3.8, 4) is 10.8 Å². The van der Waals surface area contributed by atoms with Gasteiger partial charge in [-0.3, -0.25) is 0 Å². The Kier molecular flexibility index (Phi) is 2.57. The number of aryl methyl sites for hydroxylation is 1. The van der Waals surface area contributed by atoms with Crippen molar-refractivity contribution >= 4 is 28.7 Å². The van der Waals surface area contributed by atoms with E-state index in [1.54, 1.807) is 0 Å². The highest BCUT2D eigenvalue weighted by atomic mass is 32.1. The highest BCUT2D eigenvalue weighted by molar-refractivity contribution is 7.71. The van der Waals surface area contributed by atoms with Gasteiger partial charge in [-0.1, -0.05) is 11.3 Å². The van der Waals surface area contributed by atoms with E-state index in [2.05, 4.69) is 15.2 Å². The van der Waals surface area contributed by atoms with Gasteiger partial charge in [0.2, 0.25) is 0 Å². The van der Waals surface area contributed by atoms with Gasteiger partial charge in [0.1, 0.15) is 4.88 Å². The number of hydrogen-bond donors (Lipinski definition) is 1. The fourth-order valence-electron chi connectivity index (χ4n) is 1.10. The van der Waals surface area contributed by atoms with Crippen molar-refractivity contribution in [3.05, 3.63) is 10.5 Å². The van der Waals surface area contributed by atoms with Crippen molar-refractivity contribution in [1.82, 2.24) is 15.2 Å². The third kappa shape index (κ3) is 1.93. The molecule has 80 valence electrons. The van der Waals surface area contributed by atoms with Crippen molar-refractivity contribution in [2.45, 2.75) is 6.92 Å². The molecule has 2 heterocycles. The number of thiazole rings is 1. The van der Waals surface area contributed by atoms with Gasteiger partial charge in [0.05, 0.1) is 5.69 Å². The molecule has 0 bridgehead atoms. The maximum Gasteiger partial charge on any atom is 0.284 e. The minimum Gasteiger partial charge on any atom is -0.408 e. The monoisotopic (exact) mass is 242 g/mol. The van der Waals surface area contributed by atoms with Crippen molar-refractivity contribution in [2.24, 2.45) is 0 Å². The van der Waals surface area contributed by atoms with E-state index >= 15 is 0 Å². The highest BCUT2D eigenvalue weighted by Crippen LogP contribution is 2.32. The van der Waals surface area contributed by atoms with Crippen LogP contribution >= 0.6 is 23.6 Å². The number of H-pyrrole nitrogens is 1. The van der Waals surface area contributed by atoms with Gasteiger partial charge >= 0.3 is 0 Å². The van der Waals surface area contributed by atoms with Gasteiger partial charge in [0.25, 0.3) is 10.7 Å². The van der Waals surface area contributed by atoms with Crippen LogP contribution in [0.1, 0.15) is 5.69 Å². The van der Waals surface area contributed by atoms with Crippen LogP contribution in [-0.2, 0) is 0 Å². The molecule has 0 saturated carbocycles. The lowest BCUT2D eigenvalue weighted by atomic mass is 10.4. The molecule has 5 nitrogen and oxygen atoms in total. The van der Waals surface area contributed by atoms with Crippen LogP contribution in [0.25, 0.3) is 10.8 Å². The number of aromatic nitrogens is 3. The van der Waals surface area contributed by atoms with Crippen molar-refractivity contribution in [1.29, 1.82) is 0 Å². The second-order valence-electron chi connectivity index (χ2n) is 3.22.